The lowest BCUT2D eigenvalue weighted by atomic mass is 9.98. The first kappa shape index (κ1) is 53.4. The zero-order valence-corrected chi connectivity index (χ0v) is 42.1. The van der Waals surface area contributed by atoms with E-state index in [0.717, 1.165) is 49.6 Å². The van der Waals surface area contributed by atoms with Gasteiger partial charge in [-0.1, -0.05) is 54.2 Å². The van der Waals surface area contributed by atoms with Crippen LogP contribution in [0.3, 0.4) is 0 Å². The average molecular weight is 1140 g/mol. The second-order valence-corrected chi connectivity index (χ2v) is 18.5. The number of ketones is 2. The summed E-state index contributed by atoms with van der Waals surface area (Å²) in [6.07, 6.45) is -3.80. The number of alkyl halides is 6. The number of terminal acetylenes is 1. The number of aromatic nitrogens is 4. The van der Waals surface area contributed by atoms with Crippen molar-refractivity contribution < 1.29 is 45.4 Å². The Hall–Kier alpha value is -7.85. The highest BCUT2D eigenvalue weighted by atomic mass is 127. The summed E-state index contributed by atoms with van der Waals surface area (Å²) < 4.78 is 92.5. The molecule has 8 aromatic rings. The molecule has 0 atom stereocenters. The Labute approximate surface area is 440 Å². The van der Waals surface area contributed by atoms with Gasteiger partial charge in [-0.15, -0.1) is 6.42 Å². The highest BCUT2D eigenvalue weighted by molar-refractivity contribution is 14.1. The number of benzene rings is 6. The molecule has 6 N–H and O–H groups in total. The van der Waals surface area contributed by atoms with Gasteiger partial charge in [0.05, 0.1) is 59.4 Å². The fraction of sp³-hybridized carbons (Fsp3) is 0.214. The SMILES string of the molecule is C#Cc1cccc(CC(=O)c2cc(N3CCOCC3)cc(C(F)(F)F)c2)c1.Nc1n[nH]c2cccc(C#Cc3cccc(CC(=O)c4cc(N5CCOCC5)cc(C(F)(F)F)c4)c3)c12.Nc1n[nH]c2cccc(I)c12. The minimum atomic E-state index is -4.56. The number of morpholine rings is 2. The number of aromatic amines is 2. The molecule has 0 amide bonds. The lowest BCUT2D eigenvalue weighted by molar-refractivity contribution is -0.138. The lowest BCUT2D eigenvalue weighted by Gasteiger charge is -2.29. The molecule has 0 bridgehead atoms. The topological polar surface area (TPSA) is 168 Å². The van der Waals surface area contributed by atoms with Crippen LogP contribution < -0.4 is 21.3 Å². The molecule has 6 aromatic carbocycles. The van der Waals surface area contributed by atoms with Gasteiger partial charge in [0.1, 0.15) is 0 Å². The Morgan fingerprint density at radius 3 is 1.55 bits per heavy atom. The predicted octanol–water partition coefficient (Wildman–Crippen LogP) is 10.5. The fourth-order valence-electron chi connectivity index (χ4n) is 8.38. The largest absolute Gasteiger partial charge is 0.416 e. The summed E-state index contributed by atoms with van der Waals surface area (Å²) >= 11 is 2.24. The third-order valence-electron chi connectivity index (χ3n) is 12.2. The Morgan fingerprint density at radius 1 is 0.600 bits per heavy atom. The molecule has 10 rings (SSSR count). The number of nitrogens with zero attached hydrogens (tertiary/aromatic N) is 4. The summed E-state index contributed by atoms with van der Waals surface area (Å²) in [5.41, 5.74) is 15.8. The number of nitrogens with two attached hydrogens (primary N) is 2. The monoisotopic (exact) mass is 1140 g/mol. The number of nitrogens with one attached hydrogen (secondary N) is 2. The fourth-order valence-corrected chi connectivity index (χ4v) is 9.15. The van der Waals surface area contributed by atoms with E-state index in [1.807, 2.05) is 36.4 Å². The Kier molecular flexibility index (Phi) is 16.8. The number of rotatable bonds is 8. The number of H-pyrrole nitrogens is 2. The summed E-state index contributed by atoms with van der Waals surface area (Å²) in [4.78, 5) is 29.4. The number of carbonyl (C=O) groups excluding carboxylic acids is 2. The van der Waals surface area contributed by atoms with Crippen LogP contribution in [0, 0.1) is 27.8 Å². The second-order valence-electron chi connectivity index (χ2n) is 17.3. The molecule has 2 aliphatic rings. The zero-order chi connectivity index (χ0) is 53.3. The molecule has 2 saturated heterocycles. The summed E-state index contributed by atoms with van der Waals surface area (Å²) in [6.45, 7) is 3.64. The van der Waals surface area contributed by atoms with E-state index in [0.29, 0.717) is 103 Å². The van der Waals surface area contributed by atoms with Crippen molar-refractivity contribution in [3.8, 4) is 24.2 Å². The van der Waals surface area contributed by atoms with Crippen LogP contribution in [0.4, 0.5) is 49.4 Å². The van der Waals surface area contributed by atoms with E-state index in [-0.39, 0.29) is 29.8 Å². The van der Waals surface area contributed by atoms with E-state index in [2.05, 4.69) is 60.7 Å². The standard InChI is InChI=1S/C28H23F3N4O2.C21H18F3NO2.C7H6IN3/c29-28(30,31)22-15-21(16-23(17-22)35-9-11-37-12-10-35)25(36)14-19-4-1-3-18(13-19)7-8-20-5-2-6-24-26(20)27(32)34-33-24;1-2-15-4-3-5-16(10-15)11-20(26)17-12-18(21(22,23)24)14-19(13-17)25-6-8-27-9-7-25;8-4-2-1-3-5-6(4)7(9)11-10-5/h1-6,13,15-17H,9-12,14H2,(H3,32,33,34);1,3-5,10,12-14H,6-9,11H2;1-3H,(H3,9,10,11). The molecule has 2 aromatic heterocycles. The normalized spacial score (nSPS) is 13.7. The van der Waals surface area contributed by atoms with Crippen molar-refractivity contribution in [3.63, 3.8) is 0 Å². The number of hydrogen-bond acceptors (Lipinski definition) is 10. The van der Waals surface area contributed by atoms with Gasteiger partial charge in [0, 0.05) is 81.8 Å². The van der Waals surface area contributed by atoms with Crippen LogP contribution in [-0.2, 0) is 34.7 Å². The van der Waals surface area contributed by atoms with Gasteiger partial charge in [0.15, 0.2) is 23.2 Å². The molecule has 2 aliphatic heterocycles. The minimum absolute atomic E-state index is 0.0145. The third-order valence-corrected chi connectivity index (χ3v) is 13.1. The molecular formula is C56H47F6IN8O4. The minimum Gasteiger partial charge on any atom is -0.382 e. The molecule has 0 unspecified atom stereocenters. The van der Waals surface area contributed by atoms with Crippen molar-refractivity contribution in [3.05, 3.63) is 175 Å². The molecule has 4 heterocycles. The Balaban J connectivity index is 0.000000170. The van der Waals surface area contributed by atoms with Gasteiger partial charge in [-0.25, -0.2) is 0 Å². The Morgan fingerprint density at radius 2 is 1.05 bits per heavy atom. The number of fused-ring (bicyclic) bond motifs is 2. The molecule has 0 aliphatic carbocycles. The number of ether oxygens (including phenoxy) is 2. The highest BCUT2D eigenvalue weighted by Gasteiger charge is 2.34. The van der Waals surface area contributed by atoms with E-state index in [9.17, 15) is 35.9 Å². The van der Waals surface area contributed by atoms with Crippen molar-refractivity contribution in [1.29, 1.82) is 0 Å². The van der Waals surface area contributed by atoms with E-state index >= 15 is 0 Å². The maximum absolute atomic E-state index is 13.6. The van der Waals surface area contributed by atoms with Crippen LogP contribution in [0.25, 0.3) is 21.8 Å². The number of anilines is 4. The first-order chi connectivity index (χ1) is 35.9. The van der Waals surface area contributed by atoms with Crippen molar-refractivity contribution >= 4 is 79.0 Å². The van der Waals surface area contributed by atoms with Gasteiger partial charge < -0.3 is 30.7 Å². The molecule has 2 fully saturated rings. The van der Waals surface area contributed by atoms with Crippen LogP contribution in [0.5, 0.6) is 0 Å². The van der Waals surface area contributed by atoms with Crippen LogP contribution >= 0.6 is 22.6 Å². The maximum atomic E-state index is 13.6. The zero-order valence-electron chi connectivity index (χ0n) is 39.9. The molecule has 12 nitrogen and oxygen atoms in total. The molecule has 0 saturated carbocycles. The average Bonchev–Trinajstić information content (AvgIpc) is 4.00. The third kappa shape index (κ3) is 13.7. The molecular weight excluding hydrogens is 1090 g/mol. The molecule has 75 heavy (non-hydrogen) atoms. The molecule has 0 radical (unpaired) electrons. The predicted molar refractivity (Wildman–Crippen MR) is 286 cm³/mol. The maximum Gasteiger partial charge on any atom is 0.416 e. The Bertz CT molecular complexity index is 3470. The van der Waals surface area contributed by atoms with Crippen molar-refractivity contribution in [2.45, 2.75) is 25.2 Å². The highest BCUT2D eigenvalue weighted by Crippen LogP contribution is 2.35. The van der Waals surface area contributed by atoms with Gasteiger partial charge in [-0.2, -0.15) is 36.5 Å². The molecule has 19 heteroatoms. The van der Waals surface area contributed by atoms with Gasteiger partial charge >= 0.3 is 12.4 Å². The lowest BCUT2D eigenvalue weighted by Crippen LogP contribution is -2.36. The van der Waals surface area contributed by atoms with E-state index in [1.165, 1.54) is 12.1 Å². The van der Waals surface area contributed by atoms with Gasteiger partial charge in [-0.05, 0) is 119 Å². The first-order valence-electron chi connectivity index (χ1n) is 23.4. The first-order valence-corrected chi connectivity index (χ1v) is 24.4. The number of hydrogen-bond donors (Lipinski definition) is 4. The van der Waals surface area contributed by atoms with Crippen LogP contribution in [0.15, 0.2) is 121 Å². The van der Waals surface area contributed by atoms with Crippen molar-refractivity contribution in [2.24, 2.45) is 0 Å². The molecule has 0 spiro atoms. The van der Waals surface area contributed by atoms with Gasteiger partial charge in [0.2, 0.25) is 0 Å². The number of nitrogen functional groups attached to an aromatic ring is 2. The van der Waals surface area contributed by atoms with Crippen LogP contribution in [0.1, 0.15) is 59.7 Å². The smallest absolute Gasteiger partial charge is 0.382 e. The summed E-state index contributed by atoms with van der Waals surface area (Å²) in [5, 5.41) is 15.4. The summed E-state index contributed by atoms with van der Waals surface area (Å²) in [7, 11) is 0. The molecule has 384 valence electrons. The van der Waals surface area contributed by atoms with Crippen LogP contribution in [-0.4, -0.2) is 84.6 Å². The van der Waals surface area contributed by atoms with E-state index < -0.39 is 29.3 Å². The van der Waals surface area contributed by atoms with Crippen molar-refractivity contribution in [2.75, 3.05) is 73.9 Å². The summed E-state index contributed by atoms with van der Waals surface area (Å²) in [6, 6.07) is 32.5. The quantitative estimate of drug-likeness (QED) is 0.0497. The number of Topliss-reactive ketones (excluding diaryl/α,β-unsaturated/α-hetero) is 2. The van der Waals surface area contributed by atoms with Gasteiger partial charge in [-0.3, -0.25) is 19.8 Å². The van der Waals surface area contributed by atoms with Crippen LogP contribution in [0.2, 0.25) is 0 Å². The summed E-state index contributed by atoms with van der Waals surface area (Å²) in [5.74, 6) is 8.80. The van der Waals surface area contributed by atoms with Gasteiger partial charge in [0.25, 0.3) is 0 Å². The number of carbonyl (C=O) groups is 2. The van der Waals surface area contributed by atoms with E-state index in [1.54, 1.807) is 58.3 Å². The van der Waals surface area contributed by atoms with Crippen molar-refractivity contribution in [1.82, 2.24) is 20.4 Å². The van der Waals surface area contributed by atoms with E-state index in [4.69, 9.17) is 27.4 Å². The number of halogens is 7. The second kappa shape index (κ2) is 23.6.